The summed E-state index contributed by atoms with van der Waals surface area (Å²) in [5.41, 5.74) is 3.45. The minimum absolute atomic E-state index is 0.292. The number of para-hydroxylation sites is 1. The van der Waals surface area contributed by atoms with Gasteiger partial charge in [0.05, 0.1) is 10.4 Å². The SMILES string of the molecule is O=S(=O)(c1ccccc1)C(C=Cn1nnc2ccccc21)(Cc1ccccc1)Cc1ccccc1. The molecule has 35 heavy (non-hydrogen) atoms. The van der Waals surface area contributed by atoms with Crippen LogP contribution in [0.1, 0.15) is 11.1 Å². The van der Waals surface area contributed by atoms with E-state index < -0.39 is 14.6 Å². The molecule has 174 valence electrons. The first-order valence-electron chi connectivity index (χ1n) is 11.4. The van der Waals surface area contributed by atoms with Crippen LogP contribution < -0.4 is 0 Å². The zero-order valence-corrected chi connectivity index (χ0v) is 19.9. The third kappa shape index (κ3) is 4.66. The van der Waals surface area contributed by atoms with Gasteiger partial charge in [-0.3, -0.25) is 0 Å². The van der Waals surface area contributed by atoms with Crippen molar-refractivity contribution in [2.45, 2.75) is 22.5 Å². The summed E-state index contributed by atoms with van der Waals surface area (Å²) in [7, 11) is -3.81. The van der Waals surface area contributed by atoms with E-state index in [9.17, 15) is 8.42 Å². The summed E-state index contributed by atoms with van der Waals surface area (Å²) in [5.74, 6) is 0. The largest absolute Gasteiger partial charge is 0.223 e. The van der Waals surface area contributed by atoms with Crippen molar-refractivity contribution >= 4 is 27.1 Å². The average Bonchev–Trinajstić information content (AvgIpc) is 3.32. The molecule has 0 fully saturated rings. The molecule has 0 saturated heterocycles. The first-order chi connectivity index (χ1) is 17.1. The predicted molar refractivity (Wildman–Crippen MR) is 140 cm³/mol. The van der Waals surface area contributed by atoms with E-state index in [1.54, 1.807) is 41.2 Å². The Morgan fingerprint density at radius 3 is 1.80 bits per heavy atom. The maximum absolute atomic E-state index is 14.4. The fraction of sp³-hybridized carbons (Fsp3) is 0.103. The molecule has 5 nitrogen and oxygen atoms in total. The van der Waals surface area contributed by atoms with Crippen LogP contribution in [0.15, 0.2) is 126 Å². The first kappa shape index (κ1) is 22.7. The molecule has 0 bridgehead atoms. The van der Waals surface area contributed by atoms with E-state index in [1.165, 1.54) is 0 Å². The summed E-state index contributed by atoms with van der Waals surface area (Å²) in [6.07, 6.45) is 4.14. The second-order valence-corrected chi connectivity index (χ2v) is 10.8. The van der Waals surface area contributed by atoms with Crippen LogP contribution in [0.4, 0.5) is 0 Å². The van der Waals surface area contributed by atoms with Crippen LogP contribution in [0.3, 0.4) is 0 Å². The van der Waals surface area contributed by atoms with Gasteiger partial charge >= 0.3 is 0 Å². The van der Waals surface area contributed by atoms with Crippen molar-refractivity contribution in [2.75, 3.05) is 0 Å². The number of hydrogen-bond donors (Lipinski definition) is 0. The van der Waals surface area contributed by atoms with Gasteiger partial charge in [-0.05, 0) is 54.3 Å². The lowest BCUT2D eigenvalue weighted by Gasteiger charge is -2.31. The number of benzene rings is 4. The number of aromatic nitrogens is 3. The van der Waals surface area contributed by atoms with E-state index in [0.717, 1.165) is 22.2 Å². The van der Waals surface area contributed by atoms with E-state index in [-0.39, 0.29) is 0 Å². The number of rotatable bonds is 8. The van der Waals surface area contributed by atoms with E-state index in [0.29, 0.717) is 17.7 Å². The molecule has 1 heterocycles. The molecule has 6 heteroatoms. The molecule has 0 saturated carbocycles. The minimum Gasteiger partial charge on any atom is -0.223 e. The third-order valence-electron chi connectivity index (χ3n) is 6.18. The molecule has 4 aromatic carbocycles. The Morgan fingerprint density at radius 2 is 1.20 bits per heavy atom. The van der Waals surface area contributed by atoms with Crippen LogP contribution in [0, 0.1) is 0 Å². The molecule has 0 amide bonds. The maximum Gasteiger partial charge on any atom is 0.188 e. The van der Waals surface area contributed by atoms with Gasteiger partial charge in [0.25, 0.3) is 0 Å². The quantitative estimate of drug-likeness (QED) is 0.291. The van der Waals surface area contributed by atoms with E-state index in [2.05, 4.69) is 10.3 Å². The molecule has 0 atom stereocenters. The zero-order valence-electron chi connectivity index (χ0n) is 19.1. The summed E-state index contributed by atoms with van der Waals surface area (Å²) in [6.45, 7) is 0. The van der Waals surface area contributed by atoms with Crippen molar-refractivity contribution in [3.63, 3.8) is 0 Å². The molecule has 5 aromatic rings. The molecule has 0 radical (unpaired) electrons. The van der Waals surface area contributed by atoms with Gasteiger partial charge in [-0.15, -0.1) is 5.10 Å². The fourth-order valence-electron chi connectivity index (χ4n) is 4.38. The molecular weight excluding hydrogens is 454 g/mol. The summed E-state index contributed by atoms with van der Waals surface area (Å²) in [4.78, 5) is 0.292. The van der Waals surface area contributed by atoms with Crippen molar-refractivity contribution < 1.29 is 8.42 Å². The Bertz CT molecular complexity index is 1500. The molecule has 0 aliphatic heterocycles. The zero-order chi connectivity index (χ0) is 24.1. The second-order valence-electron chi connectivity index (χ2n) is 8.54. The van der Waals surface area contributed by atoms with Crippen LogP contribution in [-0.4, -0.2) is 28.2 Å². The van der Waals surface area contributed by atoms with E-state index in [4.69, 9.17) is 0 Å². The molecule has 5 rings (SSSR count). The van der Waals surface area contributed by atoms with Crippen molar-refractivity contribution in [2.24, 2.45) is 0 Å². The summed E-state index contributed by atoms with van der Waals surface area (Å²) in [6, 6.07) is 35.8. The highest BCUT2D eigenvalue weighted by Gasteiger charge is 2.43. The first-order valence-corrected chi connectivity index (χ1v) is 12.9. The average molecular weight is 480 g/mol. The summed E-state index contributed by atoms with van der Waals surface area (Å²) >= 11 is 0. The lowest BCUT2D eigenvalue weighted by molar-refractivity contribution is 0.545. The van der Waals surface area contributed by atoms with Crippen molar-refractivity contribution in [3.8, 4) is 0 Å². The standard InChI is InChI=1S/C29H25N3O2S/c33-35(34,26-16-8-3-9-17-26)29(22-24-12-4-1-5-13-24,23-25-14-6-2-7-15-25)20-21-32-28-19-11-10-18-27(28)30-31-32/h1-21H,22-23H2. The van der Waals surface area contributed by atoms with Gasteiger partial charge in [-0.2, -0.15) is 0 Å². The van der Waals surface area contributed by atoms with Crippen molar-refractivity contribution in [1.29, 1.82) is 0 Å². The molecule has 0 aliphatic carbocycles. The van der Waals surface area contributed by atoms with Crippen LogP contribution in [0.5, 0.6) is 0 Å². The lowest BCUT2D eigenvalue weighted by Crippen LogP contribution is -2.41. The van der Waals surface area contributed by atoms with Gasteiger partial charge in [0.15, 0.2) is 9.84 Å². The van der Waals surface area contributed by atoms with Gasteiger partial charge in [0.1, 0.15) is 10.3 Å². The summed E-state index contributed by atoms with van der Waals surface area (Å²) in [5, 5.41) is 8.47. The third-order valence-corrected chi connectivity index (χ3v) is 8.57. The molecule has 0 spiro atoms. The normalized spacial score (nSPS) is 12.3. The van der Waals surface area contributed by atoms with Crippen molar-refractivity contribution in [3.05, 3.63) is 132 Å². The van der Waals surface area contributed by atoms with Crippen LogP contribution in [0.2, 0.25) is 0 Å². The Kier molecular flexibility index (Phi) is 6.29. The molecule has 1 aromatic heterocycles. The lowest BCUT2D eigenvalue weighted by atomic mass is 9.91. The summed E-state index contributed by atoms with van der Waals surface area (Å²) < 4.78 is 29.2. The monoisotopic (exact) mass is 479 g/mol. The molecule has 0 aliphatic rings. The van der Waals surface area contributed by atoms with E-state index in [1.807, 2.05) is 91.0 Å². The Morgan fingerprint density at radius 1 is 0.686 bits per heavy atom. The van der Waals surface area contributed by atoms with Gasteiger partial charge < -0.3 is 0 Å². The number of nitrogens with zero attached hydrogens (tertiary/aromatic N) is 3. The maximum atomic E-state index is 14.4. The van der Waals surface area contributed by atoms with Gasteiger partial charge in [0, 0.05) is 6.20 Å². The van der Waals surface area contributed by atoms with Crippen LogP contribution in [-0.2, 0) is 22.7 Å². The highest BCUT2D eigenvalue weighted by molar-refractivity contribution is 7.93. The van der Waals surface area contributed by atoms with Crippen molar-refractivity contribution in [1.82, 2.24) is 15.0 Å². The number of hydrogen-bond acceptors (Lipinski definition) is 4. The minimum atomic E-state index is -3.81. The van der Waals surface area contributed by atoms with Gasteiger partial charge in [-0.1, -0.05) is 96.2 Å². The predicted octanol–water partition coefficient (Wildman–Crippen LogP) is 5.60. The molecule has 0 N–H and O–H groups in total. The number of fused-ring (bicyclic) bond motifs is 1. The Balaban J connectivity index is 1.71. The fourth-order valence-corrected chi connectivity index (χ4v) is 6.32. The highest BCUT2D eigenvalue weighted by atomic mass is 32.2. The highest BCUT2D eigenvalue weighted by Crippen LogP contribution is 2.35. The number of sulfone groups is 1. The molecular formula is C29H25N3O2S. The van der Waals surface area contributed by atoms with Gasteiger partial charge in [0.2, 0.25) is 0 Å². The van der Waals surface area contributed by atoms with Crippen LogP contribution >= 0.6 is 0 Å². The van der Waals surface area contributed by atoms with Crippen LogP contribution in [0.25, 0.3) is 17.2 Å². The molecule has 0 unspecified atom stereocenters. The Labute approximate surface area is 205 Å². The van der Waals surface area contributed by atoms with E-state index >= 15 is 0 Å². The second kappa shape index (κ2) is 9.68. The smallest absolute Gasteiger partial charge is 0.188 e. The topological polar surface area (TPSA) is 64.8 Å². The van der Waals surface area contributed by atoms with Gasteiger partial charge in [-0.25, -0.2) is 13.1 Å². The Hall–Kier alpha value is -4.03.